The number of rotatable bonds is 1. The summed E-state index contributed by atoms with van der Waals surface area (Å²) in [5, 5.41) is 0. The molecule has 1 aliphatic heterocycles. The van der Waals surface area contributed by atoms with Gasteiger partial charge in [0, 0.05) is 24.1 Å². The summed E-state index contributed by atoms with van der Waals surface area (Å²) in [4.78, 5) is 2.49. The van der Waals surface area contributed by atoms with E-state index in [-0.39, 0.29) is 0 Å². The minimum atomic E-state index is 0.817. The first kappa shape index (κ1) is 8.41. The van der Waals surface area contributed by atoms with Gasteiger partial charge < -0.3 is 4.90 Å². The van der Waals surface area contributed by atoms with Crippen LogP contribution in [-0.4, -0.2) is 36.0 Å². The molecule has 0 bridgehead atoms. The molecule has 0 aromatic rings. The lowest BCUT2D eigenvalue weighted by molar-refractivity contribution is 0.217. The number of nitrogens with zero attached hydrogens (tertiary/aromatic N) is 1. The molecule has 1 heterocycles. The second kappa shape index (κ2) is 3.63. The van der Waals surface area contributed by atoms with Gasteiger partial charge >= 0.3 is 0 Å². The molecule has 0 N–H and O–H groups in total. The van der Waals surface area contributed by atoms with Crippen molar-refractivity contribution in [2.45, 2.75) is 19.9 Å². The lowest BCUT2D eigenvalue weighted by Gasteiger charge is -2.34. The van der Waals surface area contributed by atoms with E-state index in [4.69, 9.17) is 0 Å². The van der Waals surface area contributed by atoms with Gasteiger partial charge in [0.15, 0.2) is 0 Å². The highest BCUT2D eigenvalue weighted by atomic mass is 32.2. The fraction of sp³-hybridized carbons (Fsp3) is 1.00. The number of hydrogen-bond acceptors (Lipinski definition) is 2. The fourth-order valence-electron chi connectivity index (χ4n) is 1.41. The third-order valence-corrected chi connectivity index (χ3v) is 3.26. The van der Waals surface area contributed by atoms with Gasteiger partial charge in [-0.1, -0.05) is 13.8 Å². The first-order valence-corrected chi connectivity index (χ1v) is 5.15. The minimum Gasteiger partial charge on any atom is -0.302 e. The molecule has 1 rings (SSSR count). The Balaban J connectivity index is 2.40. The molecule has 0 aromatic heterocycles. The van der Waals surface area contributed by atoms with Crippen molar-refractivity contribution < 1.29 is 0 Å². The molecular formula is C8H17NS. The van der Waals surface area contributed by atoms with Crippen LogP contribution in [0.1, 0.15) is 13.8 Å². The van der Waals surface area contributed by atoms with E-state index in [1.165, 1.54) is 18.1 Å². The number of hydrogen-bond donors (Lipinski definition) is 0. The van der Waals surface area contributed by atoms with Gasteiger partial charge in [-0.2, -0.15) is 11.8 Å². The summed E-state index contributed by atoms with van der Waals surface area (Å²) in [6.07, 6.45) is 0. The Labute approximate surface area is 68.2 Å². The molecule has 10 heavy (non-hydrogen) atoms. The van der Waals surface area contributed by atoms with Crippen LogP contribution in [-0.2, 0) is 0 Å². The second-order valence-electron chi connectivity index (χ2n) is 3.37. The minimum absolute atomic E-state index is 0.817. The van der Waals surface area contributed by atoms with Crippen molar-refractivity contribution in [1.29, 1.82) is 0 Å². The maximum Gasteiger partial charge on any atom is 0.0206 e. The van der Waals surface area contributed by atoms with Gasteiger partial charge in [0.05, 0.1) is 0 Å². The molecule has 0 unspecified atom stereocenters. The molecule has 0 saturated carbocycles. The van der Waals surface area contributed by atoms with Gasteiger partial charge in [0.2, 0.25) is 0 Å². The summed E-state index contributed by atoms with van der Waals surface area (Å²) in [5.41, 5.74) is 0. The summed E-state index contributed by atoms with van der Waals surface area (Å²) in [6.45, 7) is 5.90. The lowest BCUT2D eigenvalue weighted by atomic mass is 10.1. The van der Waals surface area contributed by atoms with Crippen LogP contribution in [0.5, 0.6) is 0 Å². The zero-order valence-corrected chi connectivity index (χ0v) is 7.95. The summed E-state index contributed by atoms with van der Waals surface area (Å²) >= 11 is 2.09. The Morgan fingerprint density at radius 1 is 1.50 bits per heavy atom. The maximum absolute atomic E-state index is 2.49. The zero-order valence-electron chi connectivity index (χ0n) is 7.13. The maximum atomic E-state index is 2.49. The fourth-order valence-corrected chi connectivity index (χ4v) is 2.87. The van der Waals surface area contributed by atoms with Crippen LogP contribution >= 0.6 is 11.8 Å². The average molecular weight is 159 g/mol. The molecule has 1 saturated heterocycles. The molecule has 0 aromatic carbocycles. The van der Waals surface area contributed by atoms with Crippen LogP contribution in [0.25, 0.3) is 0 Å². The van der Waals surface area contributed by atoms with E-state index in [1.807, 2.05) is 0 Å². The third-order valence-electron chi connectivity index (χ3n) is 2.21. The van der Waals surface area contributed by atoms with Gasteiger partial charge in [0.25, 0.3) is 0 Å². The molecule has 1 aliphatic rings. The average Bonchev–Trinajstić information content (AvgIpc) is 1.88. The monoisotopic (exact) mass is 159 g/mol. The highest BCUT2D eigenvalue weighted by Crippen LogP contribution is 2.19. The van der Waals surface area contributed by atoms with Crippen molar-refractivity contribution >= 4 is 11.8 Å². The van der Waals surface area contributed by atoms with Gasteiger partial charge in [-0.15, -0.1) is 0 Å². The smallest absolute Gasteiger partial charge is 0.0206 e. The molecule has 0 spiro atoms. The molecule has 0 radical (unpaired) electrons. The SMILES string of the molecule is CC(C)[C@@H]1CSCCN1C. The first-order chi connectivity index (χ1) is 4.72. The van der Waals surface area contributed by atoms with Crippen molar-refractivity contribution in [3.8, 4) is 0 Å². The van der Waals surface area contributed by atoms with E-state index >= 15 is 0 Å². The molecule has 60 valence electrons. The van der Waals surface area contributed by atoms with E-state index in [1.54, 1.807) is 0 Å². The largest absolute Gasteiger partial charge is 0.302 e. The molecule has 1 nitrogen and oxygen atoms in total. The van der Waals surface area contributed by atoms with Crippen LogP contribution in [0.15, 0.2) is 0 Å². The molecule has 2 heteroatoms. The summed E-state index contributed by atoms with van der Waals surface area (Å²) in [6, 6.07) is 0.818. The van der Waals surface area contributed by atoms with Crippen LogP contribution < -0.4 is 0 Å². The standard InChI is InChI=1S/C8H17NS/c1-7(2)8-6-10-5-4-9(8)3/h7-8H,4-6H2,1-3H3/t8-/m0/s1. The third kappa shape index (κ3) is 1.89. The highest BCUT2D eigenvalue weighted by Gasteiger charge is 2.21. The number of thioether (sulfide) groups is 1. The molecule has 1 atom stereocenters. The van der Waals surface area contributed by atoms with Crippen molar-refractivity contribution in [2.75, 3.05) is 25.1 Å². The van der Waals surface area contributed by atoms with Crippen LogP contribution in [0.4, 0.5) is 0 Å². The topological polar surface area (TPSA) is 3.24 Å². The summed E-state index contributed by atoms with van der Waals surface area (Å²) in [5.74, 6) is 3.46. The van der Waals surface area contributed by atoms with Crippen molar-refractivity contribution in [2.24, 2.45) is 5.92 Å². The first-order valence-electron chi connectivity index (χ1n) is 4.00. The van der Waals surface area contributed by atoms with Crippen LogP contribution in [0, 0.1) is 5.92 Å². The summed E-state index contributed by atoms with van der Waals surface area (Å²) < 4.78 is 0. The van der Waals surface area contributed by atoms with Crippen molar-refractivity contribution in [1.82, 2.24) is 4.90 Å². The molecular weight excluding hydrogens is 142 g/mol. The van der Waals surface area contributed by atoms with E-state index in [0.29, 0.717) is 0 Å². The quantitative estimate of drug-likeness (QED) is 0.573. The van der Waals surface area contributed by atoms with Gasteiger partial charge in [-0.05, 0) is 13.0 Å². The Morgan fingerprint density at radius 3 is 2.60 bits per heavy atom. The van der Waals surface area contributed by atoms with E-state index < -0.39 is 0 Å². The highest BCUT2D eigenvalue weighted by molar-refractivity contribution is 7.99. The zero-order chi connectivity index (χ0) is 7.56. The predicted molar refractivity (Wildman–Crippen MR) is 48.6 cm³/mol. The van der Waals surface area contributed by atoms with Gasteiger partial charge in [0.1, 0.15) is 0 Å². The Bertz CT molecular complexity index is 103. The van der Waals surface area contributed by atoms with Gasteiger partial charge in [-0.3, -0.25) is 0 Å². The van der Waals surface area contributed by atoms with E-state index in [0.717, 1.165) is 12.0 Å². The normalized spacial score (nSPS) is 29.4. The molecule has 0 amide bonds. The van der Waals surface area contributed by atoms with E-state index in [2.05, 4.69) is 37.6 Å². The molecule has 1 fully saturated rings. The Morgan fingerprint density at radius 2 is 2.20 bits per heavy atom. The van der Waals surface area contributed by atoms with Gasteiger partial charge in [-0.25, -0.2) is 0 Å². The van der Waals surface area contributed by atoms with Crippen molar-refractivity contribution in [3.05, 3.63) is 0 Å². The lowest BCUT2D eigenvalue weighted by Crippen LogP contribution is -2.42. The second-order valence-corrected chi connectivity index (χ2v) is 4.52. The predicted octanol–water partition coefficient (Wildman–Crippen LogP) is 1.69. The van der Waals surface area contributed by atoms with E-state index in [9.17, 15) is 0 Å². The Kier molecular flexibility index (Phi) is 3.05. The van der Waals surface area contributed by atoms with Crippen LogP contribution in [0.2, 0.25) is 0 Å². The summed E-state index contributed by atoms with van der Waals surface area (Å²) in [7, 11) is 2.24. The van der Waals surface area contributed by atoms with Crippen LogP contribution in [0.3, 0.4) is 0 Å². The van der Waals surface area contributed by atoms with Crippen molar-refractivity contribution in [3.63, 3.8) is 0 Å². The molecule has 0 aliphatic carbocycles. The Hall–Kier alpha value is 0.310.